The van der Waals surface area contributed by atoms with E-state index < -0.39 is 28.9 Å². The van der Waals surface area contributed by atoms with Crippen molar-refractivity contribution in [2.45, 2.75) is 42.2 Å². The minimum Gasteiger partial charge on any atom is -0.371 e. The molecule has 212 valence electrons. The molecule has 2 aromatic carbocycles. The van der Waals surface area contributed by atoms with Gasteiger partial charge in [-0.2, -0.15) is 26.3 Å². The second kappa shape index (κ2) is 9.83. The Morgan fingerprint density at radius 1 is 0.513 bits per heavy atom. The van der Waals surface area contributed by atoms with Gasteiger partial charge < -0.3 is 28.7 Å². The highest BCUT2D eigenvalue weighted by molar-refractivity contribution is 5.55. The lowest BCUT2D eigenvalue weighted by Crippen LogP contribution is -2.54. The summed E-state index contributed by atoms with van der Waals surface area (Å²) in [7, 11) is 0. The predicted molar refractivity (Wildman–Crippen MR) is 129 cm³/mol. The fourth-order valence-corrected chi connectivity index (χ4v) is 5.07. The molecule has 6 nitrogen and oxygen atoms in total. The topological polar surface area (TPSA) is 56.6 Å². The summed E-state index contributed by atoms with van der Waals surface area (Å²) in [6, 6.07) is 8.97. The molecule has 6 rings (SSSR count). The zero-order valence-corrected chi connectivity index (χ0v) is 20.9. The molecule has 4 atom stereocenters. The van der Waals surface area contributed by atoms with Crippen LogP contribution >= 0.6 is 0 Å². The Labute approximate surface area is 221 Å². The number of hydrogen-bond acceptors (Lipinski definition) is 6. The van der Waals surface area contributed by atoms with Crippen LogP contribution in [0.4, 0.5) is 37.7 Å². The van der Waals surface area contributed by atoms with E-state index in [0.717, 1.165) is 24.3 Å². The van der Waals surface area contributed by atoms with E-state index in [1.165, 1.54) is 24.3 Å². The van der Waals surface area contributed by atoms with Crippen LogP contribution in [0.15, 0.2) is 48.5 Å². The standard InChI is InChI=1S/C27H28F6N2O4/c28-26(29,30)25(27(31,32)33,17-1-5-19(6-2-17)34(9-21-13-36-21)10-22-14-37-22)18-3-7-20(8-4-18)35(11-23-15-38-23)12-24-16-39-24/h1-8,21-24H,9-16H2. The molecular weight excluding hydrogens is 530 g/mol. The molecule has 0 N–H and O–H groups in total. The van der Waals surface area contributed by atoms with Gasteiger partial charge in [-0.05, 0) is 35.4 Å². The molecule has 0 aromatic heterocycles. The SMILES string of the molecule is FC(F)(F)C(c1ccc(N(CC2CO2)CC2CO2)cc1)(c1ccc(N(CC2CO2)CC2CO2)cc1)C(F)(F)F. The first-order chi connectivity index (χ1) is 18.5. The van der Waals surface area contributed by atoms with E-state index in [4.69, 9.17) is 18.9 Å². The van der Waals surface area contributed by atoms with Crippen molar-refractivity contribution in [3.05, 3.63) is 59.7 Å². The van der Waals surface area contributed by atoms with Crippen molar-refractivity contribution in [3.8, 4) is 0 Å². The molecule has 12 heteroatoms. The van der Waals surface area contributed by atoms with E-state index in [2.05, 4.69) is 0 Å². The Morgan fingerprint density at radius 3 is 0.974 bits per heavy atom. The molecule has 4 fully saturated rings. The van der Waals surface area contributed by atoms with E-state index in [9.17, 15) is 26.3 Å². The van der Waals surface area contributed by atoms with Crippen LogP contribution in [0.2, 0.25) is 0 Å². The Hall–Kier alpha value is -2.54. The molecule has 0 spiro atoms. The highest BCUT2D eigenvalue weighted by Gasteiger charge is 2.72. The van der Waals surface area contributed by atoms with E-state index in [1.54, 1.807) is 0 Å². The molecule has 2 aromatic rings. The summed E-state index contributed by atoms with van der Waals surface area (Å²) in [4.78, 5) is 3.75. The van der Waals surface area contributed by atoms with E-state index in [0.29, 0.717) is 64.0 Å². The number of hydrogen-bond donors (Lipinski definition) is 0. The molecule has 0 saturated carbocycles. The highest BCUT2D eigenvalue weighted by Crippen LogP contribution is 2.56. The van der Waals surface area contributed by atoms with Crippen molar-refractivity contribution >= 4 is 11.4 Å². The Kier molecular flexibility index (Phi) is 6.72. The minimum absolute atomic E-state index is 0.0103. The van der Waals surface area contributed by atoms with Crippen molar-refractivity contribution in [1.29, 1.82) is 0 Å². The lowest BCUT2D eigenvalue weighted by Gasteiger charge is -2.39. The van der Waals surface area contributed by atoms with Crippen molar-refractivity contribution in [2.24, 2.45) is 0 Å². The third-order valence-corrected chi connectivity index (χ3v) is 7.49. The molecule has 4 saturated heterocycles. The van der Waals surface area contributed by atoms with Crippen LogP contribution < -0.4 is 9.80 Å². The zero-order chi connectivity index (χ0) is 27.4. The lowest BCUT2D eigenvalue weighted by molar-refractivity contribution is -0.288. The molecular formula is C27H28F6N2O4. The van der Waals surface area contributed by atoms with Gasteiger partial charge in [-0.1, -0.05) is 24.3 Å². The van der Waals surface area contributed by atoms with Gasteiger partial charge in [0, 0.05) is 37.6 Å². The van der Waals surface area contributed by atoms with Crippen LogP contribution in [0, 0.1) is 0 Å². The summed E-state index contributed by atoms with van der Waals surface area (Å²) in [5.74, 6) is 0. The molecule has 0 aliphatic carbocycles. The highest BCUT2D eigenvalue weighted by atomic mass is 19.4. The van der Waals surface area contributed by atoms with Crippen LogP contribution in [0.25, 0.3) is 0 Å². The van der Waals surface area contributed by atoms with E-state index in [-0.39, 0.29) is 24.4 Å². The van der Waals surface area contributed by atoms with Crippen molar-refractivity contribution in [3.63, 3.8) is 0 Å². The third kappa shape index (κ3) is 5.70. The van der Waals surface area contributed by atoms with Gasteiger partial charge in [0.15, 0.2) is 0 Å². The summed E-state index contributed by atoms with van der Waals surface area (Å²) < 4.78 is 109. The van der Waals surface area contributed by atoms with Gasteiger partial charge in [-0.15, -0.1) is 0 Å². The molecule has 4 unspecified atom stereocenters. The van der Waals surface area contributed by atoms with Crippen LogP contribution in [0.1, 0.15) is 11.1 Å². The van der Waals surface area contributed by atoms with E-state index in [1.807, 2.05) is 9.80 Å². The molecule has 0 amide bonds. The third-order valence-electron chi connectivity index (χ3n) is 7.49. The maximum absolute atomic E-state index is 14.7. The summed E-state index contributed by atoms with van der Waals surface area (Å²) in [6.45, 7) is 4.22. The summed E-state index contributed by atoms with van der Waals surface area (Å²) in [6.07, 6.45) is -11.3. The fourth-order valence-electron chi connectivity index (χ4n) is 5.07. The predicted octanol–water partition coefficient (Wildman–Crippen LogP) is 4.31. The van der Waals surface area contributed by atoms with Gasteiger partial charge in [-0.3, -0.25) is 0 Å². The molecule has 4 heterocycles. The van der Waals surface area contributed by atoms with Crippen LogP contribution in [-0.4, -0.2) is 89.4 Å². The van der Waals surface area contributed by atoms with Crippen LogP contribution in [-0.2, 0) is 24.4 Å². The Balaban J connectivity index is 1.34. The first-order valence-corrected chi connectivity index (χ1v) is 12.9. The first kappa shape index (κ1) is 26.7. The monoisotopic (exact) mass is 558 g/mol. The van der Waals surface area contributed by atoms with Gasteiger partial charge in [0.05, 0.1) is 50.8 Å². The number of rotatable bonds is 12. The quantitative estimate of drug-likeness (QED) is 0.286. The van der Waals surface area contributed by atoms with Crippen molar-refractivity contribution in [2.75, 3.05) is 62.4 Å². The minimum atomic E-state index is -5.65. The van der Waals surface area contributed by atoms with Crippen molar-refractivity contribution < 1.29 is 45.3 Å². The van der Waals surface area contributed by atoms with Gasteiger partial charge in [0.2, 0.25) is 5.41 Å². The Morgan fingerprint density at radius 2 is 0.769 bits per heavy atom. The molecule has 0 bridgehead atoms. The van der Waals surface area contributed by atoms with Gasteiger partial charge in [0.1, 0.15) is 0 Å². The lowest BCUT2D eigenvalue weighted by atomic mass is 9.72. The van der Waals surface area contributed by atoms with E-state index >= 15 is 0 Å². The normalized spacial score (nSPS) is 25.8. The number of halogens is 6. The summed E-state index contributed by atoms with van der Waals surface area (Å²) in [5.41, 5.74) is -4.96. The Bertz CT molecular complexity index is 1020. The number of epoxide rings is 4. The molecule has 0 radical (unpaired) electrons. The maximum Gasteiger partial charge on any atom is 0.411 e. The van der Waals surface area contributed by atoms with Crippen LogP contribution in [0.3, 0.4) is 0 Å². The van der Waals surface area contributed by atoms with Gasteiger partial charge >= 0.3 is 12.4 Å². The largest absolute Gasteiger partial charge is 0.411 e. The average Bonchev–Trinajstić information content (AvgIpc) is 3.69. The number of nitrogens with zero attached hydrogens (tertiary/aromatic N) is 2. The number of alkyl halides is 6. The summed E-state index contributed by atoms with van der Waals surface area (Å²) in [5, 5.41) is 0. The number of benzene rings is 2. The first-order valence-electron chi connectivity index (χ1n) is 12.9. The molecule has 39 heavy (non-hydrogen) atoms. The second-order valence-electron chi connectivity index (χ2n) is 10.5. The molecule has 4 aliphatic heterocycles. The van der Waals surface area contributed by atoms with Crippen molar-refractivity contribution in [1.82, 2.24) is 0 Å². The zero-order valence-electron chi connectivity index (χ0n) is 20.9. The maximum atomic E-state index is 14.7. The van der Waals surface area contributed by atoms with Crippen LogP contribution in [0.5, 0.6) is 0 Å². The summed E-state index contributed by atoms with van der Waals surface area (Å²) >= 11 is 0. The number of ether oxygens (including phenoxy) is 4. The van der Waals surface area contributed by atoms with Gasteiger partial charge in [-0.25, -0.2) is 0 Å². The van der Waals surface area contributed by atoms with Gasteiger partial charge in [0.25, 0.3) is 0 Å². The average molecular weight is 559 g/mol. The second-order valence-corrected chi connectivity index (χ2v) is 10.5. The number of anilines is 2. The molecule has 4 aliphatic rings. The smallest absolute Gasteiger partial charge is 0.371 e. The fraction of sp³-hybridized carbons (Fsp3) is 0.556.